The summed E-state index contributed by atoms with van der Waals surface area (Å²) in [6.45, 7) is 1.93. The lowest BCUT2D eigenvalue weighted by atomic mass is 10.4. The number of carboxylic acid groups (broad SMARTS) is 1. The van der Waals surface area contributed by atoms with Gasteiger partial charge in [-0.3, -0.25) is 4.79 Å². The van der Waals surface area contributed by atoms with E-state index in [4.69, 9.17) is 5.11 Å². The first kappa shape index (κ1) is 12.9. The van der Waals surface area contributed by atoms with Crippen molar-refractivity contribution in [3.8, 4) is 0 Å². The summed E-state index contributed by atoms with van der Waals surface area (Å²) in [5, 5.41) is 11.3. The van der Waals surface area contributed by atoms with Crippen molar-refractivity contribution >= 4 is 17.8 Å². The number of esters is 1. The Morgan fingerprint density at radius 1 is 1.47 bits per heavy atom. The van der Waals surface area contributed by atoms with E-state index in [9.17, 15) is 9.59 Å². The van der Waals surface area contributed by atoms with Crippen LogP contribution in [0.3, 0.4) is 0 Å². The van der Waals surface area contributed by atoms with E-state index >= 15 is 0 Å². The van der Waals surface area contributed by atoms with Crippen molar-refractivity contribution < 1.29 is 19.4 Å². The van der Waals surface area contributed by atoms with E-state index in [2.05, 4.69) is 20.0 Å². The minimum absolute atomic E-state index is 0.0311. The minimum atomic E-state index is -0.906. The van der Waals surface area contributed by atoms with Crippen LogP contribution in [0.25, 0.3) is 0 Å². The van der Waals surface area contributed by atoms with E-state index in [1.54, 1.807) is 13.0 Å². The number of nitrogens with zero attached hydrogens (tertiary/aromatic N) is 2. The molecule has 1 aromatic rings. The van der Waals surface area contributed by atoms with Gasteiger partial charge in [0.25, 0.3) is 0 Å². The van der Waals surface area contributed by atoms with Crippen LogP contribution in [0.15, 0.2) is 6.07 Å². The first-order chi connectivity index (χ1) is 8.02. The molecule has 1 aromatic heterocycles. The normalized spacial score (nSPS) is 9.76. The van der Waals surface area contributed by atoms with Crippen LogP contribution >= 0.6 is 0 Å². The van der Waals surface area contributed by atoms with Gasteiger partial charge in [0.2, 0.25) is 5.82 Å². The molecule has 0 fully saturated rings. The molecule has 0 radical (unpaired) electrons. The number of carbonyl (C=O) groups is 2. The number of carboxylic acids is 1. The van der Waals surface area contributed by atoms with Gasteiger partial charge in [0.05, 0.1) is 13.5 Å². The Kier molecular flexibility index (Phi) is 4.38. The molecule has 2 N–H and O–H groups in total. The van der Waals surface area contributed by atoms with E-state index in [0.717, 1.165) is 0 Å². The molecular weight excluding hydrogens is 226 g/mol. The van der Waals surface area contributed by atoms with Gasteiger partial charge in [0.15, 0.2) is 0 Å². The third-order valence-electron chi connectivity index (χ3n) is 1.87. The summed E-state index contributed by atoms with van der Waals surface area (Å²) in [7, 11) is 1.24. The molecule has 0 aromatic carbocycles. The van der Waals surface area contributed by atoms with Gasteiger partial charge in [-0.1, -0.05) is 0 Å². The number of methoxy groups -OCH3 is 1. The topological polar surface area (TPSA) is 101 Å². The average Bonchev–Trinajstić information content (AvgIpc) is 2.26. The lowest BCUT2D eigenvalue weighted by Gasteiger charge is -2.06. The monoisotopic (exact) mass is 239 g/mol. The fourth-order valence-corrected chi connectivity index (χ4v) is 1.14. The molecule has 7 nitrogen and oxygen atoms in total. The maximum absolute atomic E-state index is 11.2. The molecule has 0 aliphatic carbocycles. The molecule has 7 heteroatoms. The van der Waals surface area contributed by atoms with Crippen LogP contribution in [-0.2, 0) is 9.53 Å². The third kappa shape index (κ3) is 4.06. The summed E-state index contributed by atoms with van der Waals surface area (Å²) in [6.07, 6.45) is -0.0311. The predicted molar refractivity (Wildman–Crippen MR) is 58.9 cm³/mol. The highest BCUT2D eigenvalue weighted by molar-refractivity contribution is 5.85. The Morgan fingerprint density at radius 3 is 2.76 bits per heavy atom. The van der Waals surface area contributed by atoms with Crippen LogP contribution in [-0.4, -0.2) is 40.7 Å². The summed E-state index contributed by atoms with van der Waals surface area (Å²) in [5.74, 6) is -1.18. The molecule has 0 amide bonds. The Bertz CT molecular complexity index is 434. The van der Waals surface area contributed by atoms with Crippen LogP contribution in [0.2, 0.25) is 0 Å². The summed E-state index contributed by atoms with van der Waals surface area (Å²) >= 11 is 0. The fraction of sp³-hybridized carbons (Fsp3) is 0.400. The molecule has 0 aliphatic rings. The largest absolute Gasteiger partial charge is 0.481 e. The maximum atomic E-state index is 11.2. The summed E-state index contributed by atoms with van der Waals surface area (Å²) in [6, 6.07) is 1.62. The first-order valence-corrected chi connectivity index (χ1v) is 4.92. The molecule has 92 valence electrons. The second kappa shape index (κ2) is 5.78. The van der Waals surface area contributed by atoms with E-state index in [1.807, 2.05) is 0 Å². The van der Waals surface area contributed by atoms with Crippen LogP contribution in [0, 0.1) is 6.92 Å². The van der Waals surface area contributed by atoms with Gasteiger partial charge in [0.1, 0.15) is 5.82 Å². The highest BCUT2D eigenvalue weighted by Gasteiger charge is 2.11. The van der Waals surface area contributed by atoms with Crippen molar-refractivity contribution in [3.63, 3.8) is 0 Å². The number of ether oxygens (including phenoxy) is 1. The maximum Gasteiger partial charge on any atom is 0.376 e. The lowest BCUT2D eigenvalue weighted by Crippen LogP contribution is -2.13. The fourth-order valence-electron chi connectivity index (χ4n) is 1.14. The molecule has 0 spiro atoms. The van der Waals surface area contributed by atoms with Crippen molar-refractivity contribution in [1.82, 2.24) is 9.97 Å². The minimum Gasteiger partial charge on any atom is -0.481 e. The Morgan fingerprint density at radius 2 is 2.18 bits per heavy atom. The van der Waals surface area contributed by atoms with E-state index < -0.39 is 11.9 Å². The van der Waals surface area contributed by atoms with Crippen molar-refractivity contribution in [3.05, 3.63) is 17.6 Å². The standard InChI is InChI=1S/C10H13N3O4/c1-6-5-7(11-4-3-8(14)15)13-9(12-6)10(16)17-2/h5H,3-4H2,1-2H3,(H,14,15)(H,11,12,13). The number of hydrogen-bond acceptors (Lipinski definition) is 6. The van der Waals surface area contributed by atoms with Gasteiger partial charge in [0, 0.05) is 18.3 Å². The van der Waals surface area contributed by atoms with E-state index in [0.29, 0.717) is 11.5 Å². The number of rotatable bonds is 5. The lowest BCUT2D eigenvalue weighted by molar-refractivity contribution is -0.136. The van der Waals surface area contributed by atoms with Gasteiger partial charge in [-0.15, -0.1) is 0 Å². The van der Waals surface area contributed by atoms with Crippen molar-refractivity contribution in [2.45, 2.75) is 13.3 Å². The zero-order valence-corrected chi connectivity index (χ0v) is 9.56. The number of anilines is 1. The van der Waals surface area contributed by atoms with E-state index in [1.165, 1.54) is 7.11 Å². The molecule has 1 rings (SSSR count). The molecule has 17 heavy (non-hydrogen) atoms. The van der Waals surface area contributed by atoms with Crippen LogP contribution in [0.5, 0.6) is 0 Å². The average molecular weight is 239 g/mol. The van der Waals surface area contributed by atoms with Gasteiger partial charge in [-0.2, -0.15) is 0 Å². The molecular formula is C10H13N3O4. The molecule has 0 saturated heterocycles. The Labute approximate surface area is 97.8 Å². The SMILES string of the molecule is COC(=O)c1nc(C)cc(NCCC(=O)O)n1. The molecule has 0 aliphatic heterocycles. The number of aromatic nitrogens is 2. The first-order valence-electron chi connectivity index (χ1n) is 4.92. The number of carbonyl (C=O) groups excluding carboxylic acids is 1. The number of hydrogen-bond donors (Lipinski definition) is 2. The van der Waals surface area contributed by atoms with Crippen molar-refractivity contribution in [2.24, 2.45) is 0 Å². The zero-order chi connectivity index (χ0) is 12.8. The van der Waals surface area contributed by atoms with Gasteiger partial charge in [-0.25, -0.2) is 14.8 Å². The molecule has 0 unspecified atom stereocenters. The van der Waals surface area contributed by atoms with Gasteiger partial charge >= 0.3 is 11.9 Å². The second-order valence-electron chi connectivity index (χ2n) is 3.28. The molecule has 0 saturated carbocycles. The van der Waals surface area contributed by atoms with Crippen LogP contribution in [0.4, 0.5) is 5.82 Å². The quantitative estimate of drug-likeness (QED) is 0.719. The number of aryl methyl sites for hydroxylation is 1. The van der Waals surface area contributed by atoms with Gasteiger partial charge < -0.3 is 15.2 Å². The van der Waals surface area contributed by atoms with E-state index in [-0.39, 0.29) is 18.8 Å². The van der Waals surface area contributed by atoms with Gasteiger partial charge in [-0.05, 0) is 6.92 Å². The number of nitrogens with one attached hydrogen (secondary N) is 1. The van der Waals surface area contributed by atoms with Crippen molar-refractivity contribution in [1.29, 1.82) is 0 Å². The Hall–Kier alpha value is -2.18. The highest BCUT2D eigenvalue weighted by Crippen LogP contribution is 2.07. The summed E-state index contributed by atoms with van der Waals surface area (Å²) < 4.78 is 4.50. The third-order valence-corrected chi connectivity index (χ3v) is 1.87. The predicted octanol–water partition coefficient (Wildman–Crippen LogP) is 0.458. The number of aliphatic carboxylic acids is 1. The zero-order valence-electron chi connectivity index (χ0n) is 9.56. The highest BCUT2D eigenvalue weighted by atomic mass is 16.5. The summed E-state index contributed by atoms with van der Waals surface area (Å²) in [4.78, 5) is 29.4. The van der Waals surface area contributed by atoms with Crippen LogP contribution in [0.1, 0.15) is 22.7 Å². The molecule has 0 bridgehead atoms. The Balaban J connectivity index is 2.75. The van der Waals surface area contributed by atoms with Crippen LogP contribution < -0.4 is 5.32 Å². The second-order valence-corrected chi connectivity index (χ2v) is 3.28. The van der Waals surface area contributed by atoms with Crippen molar-refractivity contribution in [2.75, 3.05) is 19.0 Å². The smallest absolute Gasteiger partial charge is 0.376 e. The summed E-state index contributed by atoms with van der Waals surface area (Å²) in [5.41, 5.74) is 0.596. The molecule has 1 heterocycles. The molecule has 0 atom stereocenters.